The van der Waals surface area contributed by atoms with Crippen molar-refractivity contribution in [3.63, 3.8) is 0 Å². The van der Waals surface area contributed by atoms with Crippen LogP contribution in [0.1, 0.15) is 54.9 Å². The van der Waals surface area contributed by atoms with Crippen molar-refractivity contribution in [3.8, 4) is 0 Å². The van der Waals surface area contributed by atoms with Gasteiger partial charge in [-0.25, -0.2) is 4.79 Å². The third-order valence-electron chi connectivity index (χ3n) is 4.66. The zero-order valence-corrected chi connectivity index (χ0v) is 15.8. The number of nitrogens with two attached hydrogens (primary N) is 1. The quantitative estimate of drug-likeness (QED) is 0.713. The summed E-state index contributed by atoms with van der Waals surface area (Å²) < 4.78 is 0. The van der Waals surface area contributed by atoms with Gasteiger partial charge in [-0.1, -0.05) is 20.8 Å². The van der Waals surface area contributed by atoms with Crippen LogP contribution in [-0.4, -0.2) is 22.9 Å². The van der Waals surface area contributed by atoms with E-state index in [1.165, 1.54) is 18.3 Å². The molecule has 0 saturated carbocycles. The van der Waals surface area contributed by atoms with E-state index in [0.29, 0.717) is 16.5 Å². The minimum atomic E-state index is -1.16. The molecule has 0 aliphatic heterocycles. The second kappa shape index (κ2) is 7.00. The van der Waals surface area contributed by atoms with Gasteiger partial charge in [-0.3, -0.25) is 9.59 Å². The highest BCUT2D eigenvalue weighted by Crippen LogP contribution is 2.44. The van der Waals surface area contributed by atoms with Gasteiger partial charge in [0.2, 0.25) is 5.91 Å². The first-order valence-corrected chi connectivity index (χ1v) is 8.99. The summed E-state index contributed by atoms with van der Waals surface area (Å²) in [5.41, 5.74) is 6.91. The summed E-state index contributed by atoms with van der Waals surface area (Å²) in [6, 6.07) is 0. The second-order valence-corrected chi connectivity index (χ2v) is 8.60. The minimum absolute atomic E-state index is 0.0766. The lowest BCUT2D eigenvalue weighted by molar-refractivity contribution is -0.132. The molecule has 2 rings (SSSR count). The maximum atomic E-state index is 12.0. The fourth-order valence-corrected chi connectivity index (χ4v) is 4.42. The third-order valence-corrected chi connectivity index (χ3v) is 5.83. The summed E-state index contributed by atoms with van der Waals surface area (Å²) >= 11 is 1.36. The number of aliphatic carboxylic acids is 1. The van der Waals surface area contributed by atoms with E-state index in [1.807, 2.05) is 0 Å². The number of carboxylic acids is 1. The number of fused-ring (bicyclic) bond motifs is 1. The SMILES string of the molecule is C/C(=C\C(=O)Nc1sc2c(c1C(N)=O)CC[C@@H](C(C)(C)C)C2)C(=O)O. The zero-order valence-electron chi connectivity index (χ0n) is 14.9. The van der Waals surface area contributed by atoms with Gasteiger partial charge in [-0.05, 0) is 43.1 Å². The molecule has 1 aromatic heterocycles. The van der Waals surface area contributed by atoms with Crippen molar-refractivity contribution < 1.29 is 19.5 Å². The van der Waals surface area contributed by atoms with Crippen molar-refractivity contribution in [2.75, 3.05) is 5.32 Å². The van der Waals surface area contributed by atoms with E-state index < -0.39 is 17.8 Å². The number of hydrogen-bond donors (Lipinski definition) is 3. The number of thiophene rings is 1. The average molecular weight is 364 g/mol. The lowest BCUT2D eigenvalue weighted by Crippen LogP contribution is -2.27. The molecule has 0 saturated heterocycles. The van der Waals surface area contributed by atoms with Crippen molar-refractivity contribution in [1.29, 1.82) is 0 Å². The highest BCUT2D eigenvalue weighted by atomic mass is 32.1. The van der Waals surface area contributed by atoms with Gasteiger partial charge >= 0.3 is 5.97 Å². The highest BCUT2D eigenvalue weighted by molar-refractivity contribution is 7.17. The van der Waals surface area contributed by atoms with Gasteiger partial charge in [-0.2, -0.15) is 0 Å². The Bertz CT molecular complexity index is 756. The zero-order chi connectivity index (χ0) is 18.9. The maximum Gasteiger partial charge on any atom is 0.331 e. The Hall–Kier alpha value is -2.15. The number of nitrogens with one attached hydrogen (secondary N) is 1. The molecule has 0 radical (unpaired) electrons. The number of hydrogen-bond acceptors (Lipinski definition) is 4. The summed E-state index contributed by atoms with van der Waals surface area (Å²) in [6.45, 7) is 7.94. The summed E-state index contributed by atoms with van der Waals surface area (Å²) in [5.74, 6) is -1.81. The first-order valence-electron chi connectivity index (χ1n) is 8.17. The molecule has 136 valence electrons. The fourth-order valence-electron chi connectivity index (χ4n) is 3.08. The lowest BCUT2D eigenvalue weighted by atomic mass is 9.72. The van der Waals surface area contributed by atoms with E-state index in [9.17, 15) is 14.4 Å². The Labute approximate surface area is 151 Å². The van der Waals surface area contributed by atoms with Gasteiger partial charge in [-0.15, -0.1) is 11.3 Å². The predicted octanol–water partition coefficient (Wildman–Crippen LogP) is 2.97. The van der Waals surface area contributed by atoms with Crippen LogP contribution in [0.5, 0.6) is 0 Å². The van der Waals surface area contributed by atoms with Crippen molar-refractivity contribution in [3.05, 3.63) is 27.7 Å². The van der Waals surface area contributed by atoms with E-state index in [-0.39, 0.29) is 11.0 Å². The van der Waals surface area contributed by atoms with E-state index in [0.717, 1.165) is 35.8 Å². The van der Waals surface area contributed by atoms with E-state index in [1.54, 1.807) is 0 Å². The molecule has 0 unspecified atom stereocenters. The minimum Gasteiger partial charge on any atom is -0.478 e. The fraction of sp³-hybridized carbons (Fsp3) is 0.500. The lowest BCUT2D eigenvalue weighted by Gasteiger charge is -2.33. The topological polar surface area (TPSA) is 109 Å². The largest absolute Gasteiger partial charge is 0.478 e. The monoisotopic (exact) mass is 364 g/mol. The normalized spacial score (nSPS) is 17.8. The van der Waals surface area contributed by atoms with Crippen LogP contribution in [0.2, 0.25) is 0 Å². The number of carboxylic acid groups (broad SMARTS) is 1. The average Bonchev–Trinajstić information content (AvgIpc) is 2.82. The highest BCUT2D eigenvalue weighted by Gasteiger charge is 2.33. The number of anilines is 1. The molecule has 1 aliphatic rings. The molecule has 1 atom stereocenters. The standard InChI is InChI=1S/C18H24N2O4S/c1-9(17(23)24)7-13(21)20-16-14(15(19)22)11-6-5-10(18(2,3)4)8-12(11)25-16/h7,10H,5-6,8H2,1-4H3,(H2,19,22)(H,20,21)(H,23,24)/b9-7+/t10-/m1/s1. The molecule has 0 aromatic carbocycles. The number of carbonyl (C=O) groups excluding carboxylic acids is 2. The first kappa shape index (κ1) is 19.2. The Balaban J connectivity index is 2.33. The molecule has 25 heavy (non-hydrogen) atoms. The van der Waals surface area contributed by atoms with Crippen LogP contribution in [0.25, 0.3) is 0 Å². The third kappa shape index (κ3) is 4.28. The summed E-state index contributed by atoms with van der Waals surface area (Å²) in [4.78, 5) is 35.9. The number of carbonyl (C=O) groups is 3. The number of amides is 2. The maximum absolute atomic E-state index is 12.0. The Morgan fingerprint density at radius 1 is 1.32 bits per heavy atom. The molecule has 1 heterocycles. The van der Waals surface area contributed by atoms with Crippen LogP contribution in [-0.2, 0) is 22.4 Å². The van der Waals surface area contributed by atoms with Crippen molar-refractivity contribution in [1.82, 2.24) is 0 Å². The van der Waals surface area contributed by atoms with Crippen molar-refractivity contribution in [2.45, 2.75) is 47.0 Å². The molecule has 0 fully saturated rings. The predicted molar refractivity (Wildman–Crippen MR) is 97.8 cm³/mol. The van der Waals surface area contributed by atoms with Crippen LogP contribution in [0.4, 0.5) is 5.00 Å². The number of primary amides is 1. The molecule has 6 nitrogen and oxygen atoms in total. The van der Waals surface area contributed by atoms with Crippen molar-refractivity contribution in [2.24, 2.45) is 17.1 Å². The van der Waals surface area contributed by atoms with Crippen LogP contribution >= 0.6 is 11.3 Å². The Morgan fingerprint density at radius 3 is 2.48 bits per heavy atom. The second-order valence-electron chi connectivity index (χ2n) is 7.50. The number of rotatable bonds is 4. The van der Waals surface area contributed by atoms with Crippen LogP contribution in [0, 0.1) is 11.3 Å². The molecule has 4 N–H and O–H groups in total. The molecule has 1 aliphatic carbocycles. The van der Waals surface area contributed by atoms with E-state index in [4.69, 9.17) is 10.8 Å². The smallest absolute Gasteiger partial charge is 0.331 e. The first-order chi connectivity index (χ1) is 11.5. The van der Waals surface area contributed by atoms with E-state index >= 15 is 0 Å². The molecule has 0 spiro atoms. The van der Waals surface area contributed by atoms with Gasteiger partial charge in [0.1, 0.15) is 5.00 Å². The van der Waals surface area contributed by atoms with Gasteiger partial charge in [0, 0.05) is 16.5 Å². The molecular formula is C18H24N2O4S. The Kier molecular flexibility index (Phi) is 5.37. The molecular weight excluding hydrogens is 340 g/mol. The van der Waals surface area contributed by atoms with Gasteiger partial charge in [0.15, 0.2) is 0 Å². The van der Waals surface area contributed by atoms with Gasteiger partial charge < -0.3 is 16.2 Å². The van der Waals surface area contributed by atoms with Crippen LogP contribution in [0.15, 0.2) is 11.6 Å². The molecule has 7 heteroatoms. The summed E-state index contributed by atoms with van der Waals surface area (Å²) in [6.07, 6.45) is 3.58. The van der Waals surface area contributed by atoms with Crippen LogP contribution < -0.4 is 11.1 Å². The van der Waals surface area contributed by atoms with Gasteiger partial charge in [0.25, 0.3) is 5.91 Å². The molecule has 1 aromatic rings. The summed E-state index contributed by atoms with van der Waals surface area (Å²) in [5, 5.41) is 11.9. The van der Waals surface area contributed by atoms with Crippen LogP contribution in [0.3, 0.4) is 0 Å². The van der Waals surface area contributed by atoms with E-state index in [2.05, 4.69) is 26.1 Å². The van der Waals surface area contributed by atoms with Crippen molar-refractivity contribution >= 4 is 34.1 Å². The Morgan fingerprint density at radius 2 is 1.96 bits per heavy atom. The summed E-state index contributed by atoms with van der Waals surface area (Å²) in [7, 11) is 0. The molecule has 0 bridgehead atoms. The van der Waals surface area contributed by atoms with Gasteiger partial charge in [0.05, 0.1) is 5.56 Å². The molecule has 2 amide bonds.